The molecule has 1 aliphatic carbocycles. The molecule has 9 heteroatoms. The van der Waals surface area contributed by atoms with Crippen LogP contribution in [0.25, 0.3) is 33.4 Å². The average molecular weight is 572 g/mol. The van der Waals surface area contributed by atoms with Crippen molar-refractivity contribution in [2.75, 3.05) is 11.9 Å². The summed E-state index contributed by atoms with van der Waals surface area (Å²) in [5, 5.41) is 9.02. The summed E-state index contributed by atoms with van der Waals surface area (Å²) in [5.41, 5.74) is 7.77. The van der Waals surface area contributed by atoms with Crippen molar-refractivity contribution in [2.24, 2.45) is 5.73 Å². The molecule has 7 nitrogen and oxygen atoms in total. The van der Waals surface area contributed by atoms with Crippen LogP contribution < -0.4 is 11.1 Å². The highest BCUT2D eigenvalue weighted by Gasteiger charge is 2.59. The Balaban J connectivity index is 1.42. The number of halogens is 1. The first kappa shape index (κ1) is 27.6. The highest BCUT2D eigenvalue weighted by molar-refractivity contribution is 6.74. The van der Waals surface area contributed by atoms with Crippen molar-refractivity contribution in [1.82, 2.24) is 14.8 Å². The zero-order chi connectivity index (χ0) is 29.4. The smallest absolute Gasteiger partial charge is 0.254 e. The van der Waals surface area contributed by atoms with E-state index in [0.29, 0.717) is 23.4 Å². The maximum atomic E-state index is 16.3. The topological polar surface area (TPSA) is 95.1 Å². The third-order valence-corrected chi connectivity index (χ3v) is 13.9. The second-order valence-corrected chi connectivity index (χ2v) is 18.2. The van der Waals surface area contributed by atoms with Gasteiger partial charge in [-0.15, -0.1) is 0 Å². The number of carbonyl (C=O) groups excluding carboxylic acids is 1. The van der Waals surface area contributed by atoms with Gasteiger partial charge in [0.05, 0.1) is 16.8 Å². The number of carbonyl (C=O) groups is 1. The molecule has 3 heterocycles. The van der Waals surface area contributed by atoms with Gasteiger partial charge in [-0.05, 0) is 43.6 Å². The number of pyridine rings is 1. The number of aromatic nitrogens is 3. The van der Waals surface area contributed by atoms with Crippen LogP contribution in [0, 0.1) is 5.82 Å². The average Bonchev–Trinajstić information content (AvgIpc) is 3.28. The van der Waals surface area contributed by atoms with E-state index in [9.17, 15) is 4.79 Å². The molecule has 2 aromatic carbocycles. The highest BCUT2D eigenvalue weighted by atomic mass is 28.4. The maximum absolute atomic E-state index is 16.3. The zero-order valence-corrected chi connectivity index (χ0v) is 25.6. The van der Waals surface area contributed by atoms with Gasteiger partial charge >= 0.3 is 0 Å². The number of benzene rings is 2. The Kier molecular flexibility index (Phi) is 6.21. The molecular formula is C32H38FN5O2Si. The molecule has 3 N–H and O–H groups in total. The SMILES string of the molecule is CC1(O[Si](C)(C)C(C)(C)C)CC2(CCNc3c(C(N)=O)c(-c4ccc5ccc(-c6ccccc6)nc5c4F)nn32)C1. The first-order chi connectivity index (χ1) is 19.2. The van der Waals surface area contributed by atoms with Gasteiger partial charge in [0.1, 0.15) is 22.6 Å². The van der Waals surface area contributed by atoms with E-state index in [1.165, 1.54) is 0 Å². The van der Waals surface area contributed by atoms with E-state index in [0.717, 1.165) is 24.8 Å². The standard InChI is InChI=1S/C32H38FN5O2Si/c1-30(2,3)41(5,6)40-31(4)18-32(19-31)16-17-35-29-24(28(34)39)27(37-38(29)32)22-14-12-21-13-15-23(36-26(21)25(22)33)20-10-8-7-9-11-20/h7-15,35H,16-19H2,1-6H3,(H2,34,39). The minimum atomic E-state index is -2.00. The lowest BCUT2D eigenvalue weighted by Gasteiger charge is -2.59. The fourth-order valence-electron chi connectivity index (χ4n) is 6.48. The van der Waals surface area contributed by atoms with E-state index in [1.54, 1.807) is 6.07 Å². The van der Waals surface area contributed by atoms with Gasteiger partial charge in [-0.1, -0.05) is 63.2 Å². The fourth-order valence-corrected chi connectivity index (χ4v) is 8.16. The van der Waals surface area contributed by atoms with Crippen LogP contribution in [0.2, 0.25) is 18.1 Å². The molecule has 0 radical (unpaired) electrons. The monoisotopic (exact) mass is 571 g/mol. The lowest BCUT2D eigenvalue weighted by atomic mass is 9.63. The summed E-state index contributed by atoms with van der Waals surface area (Å²) >= 11 is 0. The van der Waals surface area contributed by atoms with Gasteiger partial charge in [0.15, 0.2) is 14.1 Å². The van der Waals surface area contributed by atoms with Crippen molar-refractivity contribution in [3.05, 3.63) is 66.0 Å². The number of nitrogens with one attached hydrogen (secondary N) is 1. The fraction of sp³-hybridized carbons (Fsp3) is 0.406. The van der Waals surface area contributed by atoms with E-state index in [4.69, 9.17) is 15.3 Å². The Morgan fingerprint density at radius 2 is 1.78 bits per heavy atom. The van der Waals surface area contributed by atoms with Crippen molar-refractivity contribution < 1.29 is 13.6 Å². The maximum Gasteiger partial charge on any atom is 0.254 e. The number of hydrogen-bond acceptors (Lipinski definition) is 5. The summed E-state index contributed by atoms with van der Waals surface area (Å²) in [6.07, 6.45) is 2.36. The molecule has 0 saturated heterocycles. The lowest BCUT2D eigenvalue weighted by Crippen LogP contribution is -2.63. The quantitative estimate of drug-likeness (QED) is 0.249. The van der Waals surface area contributed by atoms with Crippen LogP contribution in [-0.2, 0) is 9.96 Å². The Bertz CT molecular complexity index is 1670. The molecule has 1 aliphatic heterocycles. The van der Waals surface area contributed by atoms with Crippen molar-refractivity contribution >= 4 is 30.9 Å². The zero-order valence-electron chi connectivity index (χ0n) is 24.6. The summed E-state index contributed by atoms with van der Waals surface area (Å²) in [5.74, 6) is -0.610. The van der Waals surface area contributed by atoms with E-state index >= 15 is 4.39 Å². The number of primary amides is 1. The normalized spacial score (nSPS) is 22.3. The van der Waals surface area contributed by atoms with Gasteiger partial charge in [-0.3, -0.25) is 4.79 Å². The second-order valence-electron chi connectivity index (χ2n) is 13.5. The Morgan fingerprint density at radius 3 is 2.44 bits per heavy atom. The van der Waals surface area contributed by atoms with Crippen molar-refractivity contribution in [2.45, 2.75) is 76.2 Å². The number of anilines is 1. The first-order valence-electron chi connectivity index (χ1n) is 14.3. The molecular weight excluding hydrogens is 533 g/mol. The number of nitrogens with zero attached hydrogens (tertiary/aromatic N) is 3. The third-order valence-electron chi connectivity index (χ3n) is 9.30. The van der Waals surface area contributed by atoms with Crippen LogP contribution in [0.5, 0.6) is 0 Å². The van der Waals surface area contributed by atoms with Gasteiger partial charge in [0.2, 0.25) is 0 Å². The van der Waals surface area contributed by atoms with Gasteiger partial charge in [0.25, 0.3) is 5.91 Å². The van der Waals surface area contributed by atoms with E-state index in [-0.39, 0.29) is 38.5 Å². The van der Waals surface area contributed by atoms with Crippen molar-refractivity contribution in [3.63, 3.8) is 0 Å². The molecule has 1 spiro atoms. The third kappa shape index (κ3) is 4.46. The van der Waals surface area contributed by atoms with Crippen LogP contribution in [-0.4, -0.2) is 41.1 Å². The summed E-state index contributed by atoms with van der Waals surface area (Å²) in [4.78, 5) is 17.5. The molecule has 214 valence electrons. The molecule has 1 amide bonds. The van der Waals surface area contributed by atoms with Crippen LogP contribution in [0.1, 0.15) is 57.3 Å². The van der Waals surface area contributed by atoms with Crippen LogP contribution >= 0.6 is 0 Å². The number of hydrogen-bond donors (Lipinski definition) is 2. The summed E-state index contributed by atoms with van der Waals surface area (Å²) in [7, 11) is -2.00. The van der Waals surface area contributed by atoms with Crippen molar-refractivity contribution in [1.29, 1.82) is 0 Å². The van der Waals surface area contributed by atoms with Crippen molar-refractivity contribution in [3.8, 4) is 22.5 Å². The number of rotatable bonds is 5. The lowest BCUT2D eigenvalue weighted by molar-refractivity contribution is -0.104. The van der Waals surface area contributed by atoms with Crippen LogP contribution in [0.4, 0.5) is 10.2 Å². The Labute approximate surface area is 241 Å². The molecule has 2 aliphatic rings. The predicted molar refractivity (Wildman–Crippen MR) is 164 cm³/mol. The van der Waals surface area contributed by atoms with E-state index < -0.39 is 20.0 Å². The van der Waals surface area contributed by atoms with E-state index in [2.05, 4.69) is 51.1 Å². The highest BCUT2D eigenvalue weighted by Crippen LogP contribution is 2.56. The second kappa shape index (κ2) is 9.22. The molecule has 0 unspecified atom stereocenters. The summed E-state index contributed by atoms with van der Waals surface area (Å²) in [6.45, 7) is 14.1. The predicted octanol–water partition coefficient (Wildman–Crippen LogP) is 7.09. The number of fused-ring (bicyclic) bond motifs is 3. The Hall–Kier alpha value is -3.56. The summed E-state index contributed by atoms with van der Waals surface area (Å²) in [6, 6.07) is 16.9. The van der Waals surface area contributed by atoms with Gasteiger partial charge < -0.3 is 15.5 Å². The van der Waals surface area contributed by atoms with Gasteiger partial charge in [-0.25, -0.2) is 14.1 Å². The Morgan fingerprint density at radius 1 is 1.10 bits per heavy atom. The van der Waals surface area contributed by atoms with Gasteiger partial charge in [0, 0.05) is 35.9 Å². The molecule has 6 rings (SSSR count). The molecule has 0 atom stereocenters. The minimum absolute atomic E-state index is 0.0953. The number of nitrogens with two attached hydrogens (primary N) is 1. The molecule has 4 aromatic rings. The van der Waals surface area contributed by atoms with Gasteiger partial charge in [-0.2, -0.15) is 5.10 Å². The molecule has 41 heavy (non-hydrogen) atoms. The largest absolute Gasteiger partial charge is 0.411 e. The summed E-state index contributed by atoms with van der Waals surface area (Å²) < 4.78 is 25.0. The number of amides is 1. The molecule has 0 bridgehead atoms. The molecule has 2 aromatic heterocycles. The van der Waals surface area contributed by atoms with E-state index in [1.807, 2.05) is 53.2 Å². The van der Waals surface area contributed by atoms with Crippen LogP contribution in [0.15, 0.2) is 54.6 Å². The molecule has 1 fully saturated rings. The minimum Gasteiger partial charge on any atom is -0.411 e. The molecule has 1 saturated carbocycles. The van der Waals surface area contributed by atoms with Crippen LogP contribution in [0.3, 0.4) is 0 Å². The first-order valence-corrected chi connectivity index (χ1v) is 17.2.